The molecule has 0 bridgehead atoms. The fourth-order valence-electron chi connectivity index (χ4n) is 2.75. The molecule has 1 atom stereocenters. The fraction of sp³-hybridized carbons (Fsp3) is 0.350. The molecule has 136 valence electrons. The topological polar surface area (TPSA) is 71.8 Å². The number of urea groups is 1. The molecule has 2 aromatic heterocycles. The van der Waals surface area contributed by atoms with Gasteiger partial charge in [-0.2, -0.15) is 0 Å². The van der Waals surface area contributed by atoms with Crippen LogP contribution in [0.15, 0.2) is 42.6 Å². The summed E-state index contributed by atoms with van der Waals surface area (Å²) in [6.45, 7) is 7.20. The smallest absolute Gasteiger partial charge is 0.315 e. The SMILES string of the molecule is CC[C@H](C)NC(=O)NCCn1c(-c2ccc(C)cc2)nc2cccnc21. The number of aromatic nitrogens is 3. The van der Waals surface area contributed by atoms with E-state index < -0.39 is 0 Å². The lowest BCUT2D eigenvalue weighted by molar-refractivity contribution is 0.237. The highest BCUT2D eigenvalue weighted by Crippen LogP contribution is 2.23. The third-order valence-corrected chi connectivity index (χ3v) is 4.42. The molecule has 0 aliphatic carbocycles. The van der Waals surface area contributed by atoms with Crippen molar-refractivity contribution in [3.8, 4) is 11.4 Å². The van der Waals surface area contributed by atoms with Gasteiger partial charge < -0.3 is 15.2 Å². The van der Waals surface area contributed by atoms with E-state index in [9.17, 15) is 4.79 Å². The van der Waals surface area contributed by atoms with E-state index >= 15 is 0 Å². The van der Waals surface area contributed by atoms with E-state index in [0.717, 1.165) is 29.0 Å². The summed E-state index contributed by atoms with van der Waals surface area (Å²) in [5.74, 6) is 0.864. The quantitative estimate of drug-likeness (QED) is 0.714. The summed E-state index contributed by atoms with van der Waals surface area (Å²) >= 11 is 0. The van der Waals surface area contributed by atoms with Gasteiger partial charge in [0.15, 0.2) is 5.65 Å². The van der Waals surface area contributed by atoms with Gasteiger partial charge in [0.05, 0.1) is 0 Å². The van der Waals surface area contributed by atoms with Gasteiger partial charge in [-0.3, -0.25) is 0 Å². The van der Waals surface area contributed by atoms with Crippen molar-refractivity contribution in [1.82, 2.24) is 25.2 Å². The van der Waals surface area contributed by atoms with Crippen LogP contribution in [0.25, 0.3) is 22.6 Å². The fourth-order valence-corrected chi connectivity index (χ4v) is 2.75. The second kappa shape index (κ2) is 7.99. The maximum absolute atomic E-state index is 11.9. The first-order valence-corrected chi connectivity index (χ1v) is 9.01. The molecule has 0 aliphatic heterocycles. The summed E-state index contributed by atoms with van der Waals surface area (Å²) in [7, 11) is 0. The van der Waals surface area contributed by atoms with Crippen LogP contribution in [0.5, 0.6) is 0 Å². The average molecular weight is 351 g/mol. The molecule has 0 unspecified atom stereocenters. The Bertz CT molecular complexity index is 885. The second-order valence-corrected chi connectivity index (χ2v) is 6.51. The lowest BCUT2D eigenvalue weighted by atomic mass is 10.1. The highest BCUT2D eigenvalue weighted by Gasteiger charge is 2.13. The number of carbonyl (C=O) groups excluding carboxylic acids is 1. The summed E-state index contributed by atoms with van der Waals surface area (Å²) in [6.07, 6.45) is 2.67. The molecule has 3 rings (SSSR count). The van der Waals surface area contributed by atoms with Crippen molar-refractivity contribution >= 4 is 17.2 Å². The van der Waals surface area contributed by atoms with Crippen molar-refractivity contribution in [2.24, 2.45) is 0 Å². The predicted octanol–water partition coefficient (Wildman–Crippen LogP) is 3.50. The van der Waals surface area contributed by atoms with Gasteiger partial charge in [0.25, 0.3) is 0 Å². The van der Waals surface area contributed by atoms with E-state index in [4.69, 9.17) is 4.98 Å². The zero-order valence-electron chi connectivity index (χ0n) is 15.5. The van der Waals surface area contributed by atoms with Crippen LogP contribution in [0.4, 0.5) is 4.79 Å². The van der Waals surface area contributed by atoms with Crippen LogP contribution in [0.1, 0.15) is 25.8 Å². The lowest BCUT2D eigenvalue weighted by Crippen LogP contribution is -2.41. The molecular weight excluding hydrogens is 326 g/mol. The number of hydrogen-bond acceptors (Lipinski definition) is 3. The third kappa shape index (κ3) is 4.02. The number of nitrogens with zero attached hydrogens (tertiary/aromatic N) is 3. The zero-order chi connectivity index (χ0) is 18.5. The molecule has 0 spiro atoms. The normalized spacial score (nSPS) is 12.1. The number of rotatable bonds is 6. The van der Waals surface area contributed by atoms with Gasteiger partial charge in [0.2, 0.25) is 0 Å². The molecule has 0 saturated carbocycles. The lowest BCUT2D eigenvalue weighted by Gasteiger charge is -2.13. The monoisotopic (exact) mass is 351 g/mol. The number of amides is 2. The van der Waals surface area contributed by atoms with Crippen LogP contribution in [-0.4, -0.2) is 33.2 Å². The number of aryl methyl sites for hydroxylation is 1. The second-order valence-electron chi connectivity index (χ2n) is 6.51. The molecule has 2 N–H and O–H groups in total. The molecule has 2 amide bonds. The van der Waals surface area contributed by atoms with E-state index in [0.29, 0.717) is 13.1 Å². The van der Waals surface area contributed by atoms with Gasteiger partial charge in [-0.25, -0.2) is 14.8 Å². The third-order valence-electron chi connectivity index (χ3n) is 4.42. The van der Waals surface area contributed by atoms with Crippen molar-refractivity contribution in [1.29, 1.82) is 0 Å². The number of benzene rings is 1. The molecule has 2 heterocycles. The van der Waals surface area contributed by atoms with E-state index in [2.05, 4.69) is 51.4 Å². The first-order chi connectivity index (χ1) is 12.6. The molecule has 26 heavy (non-hydrogen) atoms. The Morgan fingerprint density at radius 2 is 2.00 bits per heavy atom. The number of fused-ring (bicyclic) bond motifs is 1. The minimum atomic E-state index is -0.145. The Morgan fingerprint density at radius 3 is 2.73 bits per heavy atom. The van der Waals surface area contributed by atoms with Gasteiger partial charge in [0.1, 0.15) is 11.3 Å². The number of nitrogens with one attached hydrogen (secondary N) is 2. The summed E-state index contributed by atoms with van der Waals surface area (Å²) < 4.78 is 2.06. The van der Waals surface area contributed by atoms with Crippen LogP contribution < -0.4 is 10.6 Å². The summed E-state index contributed by atoms with van der Waals surface area (Å²) in [6, 6.07) is 12.1. The number of pyridine rings is 1. The molecule has 0 saturated heterocycles. The zero-order valence-corrected chi connectivity index (χ0v) is 15.5. The molecule has 0 fully saturated rings. The molecule has 0 radical (unpaired) electrons. The molecular formula is C20H25N5O. The Morgan fingerprint density at radius 1 is 1.23 bits per heavy atom. The average Bonchev–Trinajstić information content (AvgIpc) is 3.01. The van der Waals surface area contributed by atoms with Crippen molar-refractivity contribution < 1.29 is 4.79 Å². The summed E-state index contributed by atoms with van der Waals surface area (Å²) in [4.78, 5) is 21.2. The van der Waals surface area contributed by atoms with Crippen molar-refractivity contribution in [2.75, 3.05) is 6.54 Å². The van der Waals surface area contributed by atoms with Gasteiger partial charge in [-0.1, -0.05) is 36.8 Å². The molecule has 6 nitrogen and oxygen atoms in total. The highest BCUT2D eigenvalue weighted by molar-refractivity contribution is 5.77. The first kappa shape index (κ1) is 17.9. The maximum atomic E-state index is 11.9. The van der Waals surface area contributed by atoms with Crippen molar-refractivity contribution in [2.45, 2.75) is 39.8 Å². The van der Waals surface area contributed by atoms with Crippen molar-refractivity contribution in [3.05, 3.63) is 48.2 Å². The maximum Gasteiger partial charge on any atom is 0.315 e. The number of hydrogen-bond donors (Lipinski definition) is 2. The Kier molecular flexibility index (Phi) is 5.51. The largest absolute Gasteiger partial charge is 0.336 e. The minimum absolute atomic E-state index is 0.145. The summed E-state index contributed by atoms with van der Waals surface area (Å²) in [5.41, 5.74) is 3.93. The molecule has 6 heteroatoms. The number of carbonyl (C=O) groups is 1. The Labute approximate surface area is 153 Å². The van der Waals surface area contributed by atoms with E-state index in [1.807, 2.05) is 26.0 Å². The van der Waals surface area contributed by atoms with E-state index in [1.54, 1.807) is 6.20 Å². The predicted molar refractivity (Wildman–Crippen MR) is 104 cm³/mol. The van der Waals surface area contributed by atoms with Gasteiger partial charge >= 0.3 is 6.03 Å². The van der Waals surface area contributed by atoms with Crippen LogP contribution in [0.3, 0.4) is 0 Å². The molecule has 3 aromatic rings. The van der Waals surface area contributed by atoms with Crippen LogP contribution in [0, 0.1) is 6.92 Å². The Hall–Kier alpha value is -2.89. The van der Waals surface area contributed by atoms with Crippen LogP contribution in [0.2, 0.25) is 0 Å². The van der Waals surface area contributed by atoms with Crippen molar-refractivity contribution in [3.63, 3.8) is 0 Å². The number of imidazole rings is 1. The minimum Gasteiger partial charge on any atom is -0.336 e. The van der Waals surface area contributed by atoms with Crippen LogP contribution in [-0.2, 0) is 6.54 Å². The van der Waals surface area contributed by atoms with Crippen LogP contribution >= 0.6 is 0 Å². The summed E-state index contributed by atoms with van der Waals surface area (Å²) in [5, 5.41) is 5.82. The van der Waals surface area contributed by atoms with Gasteiger partial charge in [-0.05, 0) is 32.4 Å². The highest BCUT2D eigenvalue weighted by atomic mass is 16.2. The molecule has 1 aromatic carbocycles. The van der Waals surface area contributed by atoms with Gasteiger partial charge in [0, 0.05) is 30.9 Å². The Balaban J connectivity index is 1.81. The standard InChI is InChI=1S/C20H25N5O/c1-4-15(3)23-20(26)22-12-13-25-18(16-9-7-14(2)8-10-16)24-17-6-5-11-21-19(17)25/h5-11,15H,4,12-13H2,1-3H3,(H2,22,23,26)/t15-/m0/s1. The molecule has 0 aliphatic rings. The first-order valence-electron chi connectivity index (χ1n) is 9.01. The van der Waals surface area contributed by atoms with Gasteiger partial charge in [-0.15, -0.1) is 0 Å². The van der Waals surface area contributed by atoms with E-state index in [-0.39, 0.29) is 12.1 Å². The van der Waals surface area contributed by atoms with E-state index in [1.165, 1.54) is 5.56 Å².